The highest BCUT2D eigenvalue weighted by Gasteiger charge is 2.17. The smallest absolute Gasteiger partial charge is 0.313 e. The number of rotatable bonds is 6. The number of aromatic nitrogens is 3. The van der Waals surface area contributed by atoms with Gasteiger partial charge in [0.05, 0.1) is 5.75 Å². The van der Waals surface area contributed by atoms with E-state index in [4.69, 9.17) is 5.11 Å². The van der Waals surface area contributed by atoms with Crippen LogP contribution in [-0.4, -0.2) is 44.5 Å². The molecule has 2 N–H and O–H groups in total. The largest absolute Gasteiger partial charge is 0.481 e. The molecule has 7 nitrogen and oxygen atoms in total. The fourth-order valence-electron chi connectivity index (χ4n) is 1.69. The third kappa shape index (κ3) is 3.82. The molecule has 0 unspecified atom stereocenters. The summed E-state index contributed by atoms with van der Waals surface area (Å²) in [7, 11) is 1.54. The van der Waals surface area contributed by atoms with Crippen molar-refractivity contribution in [3.05, 3.63) is 30.3 Å². The second-order valence-corrected chi connectivity index (χ2v) is 5.06. The number of likely N-dealkylation sites (N-methyl/N-ethyl adjacent to an activating group) is 1. The van der Waals surface area contributed by atoms with Gasteiger partial charge >= 0.3 is 5.97 Å². The van der Waals surface area contributed by atoms with Crippen molar-refractivity contribution in [1.82, 2.24) is 20.1 Å². The van der Waals surface area contributed by atoms with Gasteiger partial charge in [-0.3, -0.25) is 14.2 Å². The first-order chi connectivity index (χ1) is 10.1. The van der Waals surface area contributed by atoms with E-state index in [-0.39, 0.29) is 18.2 Å². The Morgan fingerprint density at radius 1 is 1.29 bits per heavy atom. The number of carbonyl (C=O) groups is 2. The van der Waals surface area contributed by atoms with Gasteiger partial charge in [-0.05, 0) is 0 Å². The van der Waals surface area contributed by atoms with Crippen molar-refractivity contribution < 1.29 is 14.7 Å². The minimum atomic E-state index is -0.948. The molecule has 0 spiro atoms. The van der Waals surface area contributed by atoms with E-state index in [0.717, 1.165) is 17.3 Å². The molecule has 1 heterocycles. The Bertz CT molecular complexity index is 642. The second kappa shape index (κ2) is 6.89. The molecule has 0 saturated carbocycles. The summed E-state index contributed by atoms with van der Waals surface area (Å²) < 4.78 is 1.61. The highest BCUT2D eigenvalue weighted by Crippen LogP contribution is 2.23. The molecule has 110 valence electrons. The summed E-state index contributed by atoms with van der Waals surface area (Å²) in [6.45, 7) is 0.0374. The van der Waals surface area contributed by atoms with Gasteiger partial charge in [-0.1, -0.05) is 42.1 Å². The summed E-state index contributed by atoms with van der Waals surface area (Å²) in [4.78, 5) is 22.3. The first-order valence-electron chi connectivity index (χ1n) is 6.15. The number of hydrogen-bond donors (Lipinski definition) is 2. The van der Waals surface area contributed by atoms with Gasteiger partial charge in [0.25, 0.3) is 0 Å². The summed E-state index contributed by atoms with van der Waals surface area (Å²) in [6.07, 6.45) is 0. The molecule has 0 atom stereocenters. The number of carboxylic acids is 1. The molecule has 2 rings (SSSR count). The van der Waals surface area contributed by atoms with Crippen LogP contribution in [0.4, 0.5) is 0 Å². The van der Waals surface area contributed by atoms with Gasteiger partial charge in [-0.2, -0.15) is 0 Å². The molecule has 0 bridgehead atoms. The minimum Gasteiger partial charge on any atom is -0.481 e. The van der Waals surface area contributed by atoms with Crippen molar-refractivity contribution in [2.45, 2.75) is 11.7 Å². The summed E-state index contributed by atoms with van der Waals surface area (Å²) in [6, 6.07) is 9.31. The summed E-state index contributed by atoms with van der Waals surface area (Å²) >= 11 is 1.03. The molecule has 1 aromatic carbocycles. The van der Waals surface area contributed by atoms with Crippen LogP contribution in [0.25, 0.3) is 11.4 Å². The molecule has 0 aliphatic carbocycles. The van der Waals surface area contributed by atoms with E-state index in [1.807, 2.05) is 30.3 Å². The molecule has 0 saturated heterocycles. The lowest BCUT2D eigenvalue weighted by Crippen LogP contribution is -2.24. The van der Waals surface area contributed by atoms with Crippen molar-refractivity contribution in [2.24, 2.45) is 0 Å². The number of nitrogens with zero attached hydrogens (tertiary/aromatic N) is 3. The van der Waals surface area contributed by atoms with Crippen LogP contribution in [0.2, 0.25) is 0 Å². The Balaban J connectivity index is 2.36. The fraction of sp³-hybridized carbons (Fsp3) is 0.231. The number of carbonyl (C=O) groups excluding carboxylic acids is 1. The van der Waals surface area contributed by atoms with E-state index >= 15 is 0 Å². The molecule has 1 aromatic heterocycles. The molecule has 21 heavy (non-hydrogen) atoms. The zero-order valence-electron chi connectivity index (χ0n) is 11.3. The number of benzene rings is 1. The third-order valence-electron chi connectivity index (χ3n) is 2.65. The zero-order valence-corrected chi connectivity index (χ0v) is 12.1. The highest BCUT2D eigenvalue weighted by atomic mass is 32.2. The quantitative estimate of drug-likeness (QED) is 0.769. The van der Waals surface area contributed by atoms with Gasteiger partial charge in [-0.15, -0.1) is 10.2 Å². The van der Waals surface area contributed by atoms with E-state index in [1.54, 1.807) is 11.6 Å². The predicted molar refractivity (Wildman–Crippen MR) is 77.9 cm³/mol. The van der Waals surface area contributed by atoms with Crippen LogP contribution in [-0.2, 0) is 16.1 Å². The van der Waals surface area contributed by atoms with E-state index in [9.17, 15) is 9.59 Å². The van der Waals surface area contributed by atoms with Gasteiger partial charge in [0, 0.05) is 12.6 Å². The van der Waals surface area contributed by atoms with E-state index in [2.05, 4.69) is 15.5 Å². The van der Waals surface area contributed by atoms with Crippen molar-refractivity contribution in [3.63, 3.8) is 0 Å². The van der Waals surface area contributed by atoms with E-state index in [0.29, 0.717) is 11.0 Å². The highest BCUT2D eigenvalue weighted by molar-refractivity contribution is 7.99. The standard InChI is InChI=1S/C13H14N4O3S/c1-14-10(18)7-17-12(9-5-3-2-4-6-9)15-16-13(17)21-8-11(19)20/h2-6H,7-8H2,1H3,(H,14,18)(H,19,20). The number of aliphatic carboxylic acids is 1. The van der Waals surface area contributed by atoms with Crippen molar-refractivity contribution in [3.8, 4) is 11.4 Å². The van der Waals surface area contributed by atoms with Crippen molar-refractivity contribution in [2.75, 3.05) is 12.8 Å². The number of hydrogen-bond acceptors (Lipinski definition) is 5. The molecule has 2 aromatic rings. The summed E-state index contributed by atoms with van der Waals surface area (Å²) in [5.74, 6) is -0.757. The summed E-state index contributed by atoms with van der Waals surface area (Å²) in [5, 5.41) is 19.8. The lowest BCUT2D eigenvalue weighted by molar-refractivity contribution is -0.133. The fourth-order valence-corrected chi connectivity index (χ4v) is 2.35. The molecular formula is C13H14N4O3S. The average molecular weight is 306 g/mol. The zero-order chi connectivity index (χ0) is 15.2. The molecule has 0 fully saturated rings. The van der Waals surface area contributed by atoms with Crippen LogP contribution in [0.1, 0.15) is 0 Å². The maximum Gasteiger partial charge on any atom is 0.313 e. The number of amides is 1. The monoisotopic (exact) mass is 306 g/mol. The lowest BCUT2D eigenvalue weighted by atomic mass is 10.2. The van der Waals surface area contributed by atoms with Crippen LogP contribution in [0.15, 0.2) is 35.5 Å². The molecule has 1 amide bonds. The van der Waals surface area contributed by atoms with Crippen molar-refractivity contribution in [1.29, 1.82) is 0 Å². The topological polar surface area (TPSA) is 97.1 Å². The Morgan fingerprint density at radius 3 is 2.62 bits per heavy atom. The lowest BCUT2D eigenvalue weighted by Gasteiger charge is -2.08. The predicted octanol–water partition coefficient (Wildman–Crippen LogP) is 0.868. The number of thioether (sulfide) groups is 1. The number of carboxylic acid groups (broad SMARTS) is 1. The molecule has 0 aliphatic rings. The van der Waals surface area contributed by atoms with Crippen molar-refractivity contribution >= 4 is 23.6 Å². The van der Waals surface area contributed by atoms with Gasteiger partial charge < -0.3 is 10.4 Å². The van der Waals surface area contributed by atoms with E-state index < -0.39 is 5.97 Å². The third-order valence-corrected chi connectivity index (χ3v) is 3.61. The Hall–Kier alpha value is -2.35. The second-order valence-electron chi connectivity index (χ2n) is 4.11. The molecule has 0 aliphatic heterocycles. The Morgan fingerprint density at radius 2 is 2.00 bits per heavy atom. The normalized spacial score (nSPS) is 10.3. The maximum absolute atomic E-state index is 11.6. The van der Waals surface area contributed by atoms with Crippen LogP contribution >= 0.6 is 11.8 Å². The van der Waals surface area contributed by atoms with Gasteiger partial charge in [0.15, 0.2) is 11.0 Å². The maximum atomic E-state index is 11.6. The van der Waals surface area contributed by atoms with Crippen LogP contribution in [0.5, 0.6) is 0 Å². The molecule has 8 heteroatoms. The minimum absolute atomic E-state index is 0.0374. The number of nitrogens with one attached hydrogen (secondary N) is 1. The molecule has 0 radical (unpaired) electrons. The van der Waals surface area contributed by atoms with Crippen LogP contribution in [0.3, 0.4) is 0 Å². The first kappa shape index (κ1) is 15.0. The van der Waals surface area contributed by atoms with Gasteiger partial charge in [-0.25, -0.2) is 0 Å². The van der Waals surface area contributed by atoms with E-state index in [1.165, 1.54) is 0 Å². The Labute approximate surface area is 125 Å². The van der Waals surface area contributed by atoms with Crippen LogP contribution < -0.4 is 5.32 Å². The SMILES string of the molecule is CNC(=O)Cn1c(SCC(=O)O)nnc1-c1ccccc1. The van der Waals surface area contributed by atoms with Gasteiger partial charge in [0.2, 0.25) is 5.91 Å². The van der Waals surface area contributed by atoms with Gasteiger partial charge in [0.1, 0.15) is 6.54 Å². The average Bonchev–Trinajstić information content (AvgIpc) is 2.88. The Kier molecular flexibility index (Phi) is 4.94. The first-order valence-corrected chi connectivity index (χ1v) is 7.14. The summed E-state index contributed by atoms with van der Waals surface area (Å²) in [5.41, 5.74) is 0.816. The van der Waals surface area contributed by atoms with Crippen LogP contribution in [0, 0.1) is 0 Å². The molecular weight excluding hydrogens is 292 g/mol.